The van der Waals surface area contributed by atoms with Crippen molar-refractivity contribution in [2.45, 2.75) is 56.5 Å². The number of hydrogen-bond acceptors (Lipinski definition) is 3. The molecule has 1 saturated carbocycles. The van der Waals surface area contributed by atoms with Crippen LogP contribution in [0, 0.1) is 0 Å². The van der Waals surface area contributed by atoms with Crippen LogP contribution in [0.2, 0.25) is 5.02 Å². The van der Waals surface area contributed by atoms with E-state index in [2.05, 4.69) is 10.0 Å². The fourth-order valence-corrected chi connectivity index (χ4v) is 4.54. The lowest BCUT2D eigenvalue weighted by atomic mass is 10.0. The van der Waals surface area contributed by atoms with Gasteiger partial charge in [0.05, 0.1) is 4.90 Å². The minimum atomic E-state index is -3.52. The second-order valence-corrected chi connectivity index (χ2v) is 8.00. The zero-order valence-corrected chi connectivity index (χ0v) is 14.1. The zero-order valence-electron chi connectivity index (χ0n) is 12.6. The quantitative estimate of drug-likeness (QED) is 0.842. The monoisotopic (exact) mass is 330 g/mol. The van der Waals surface area contributed by atoms with E-state index >= 15 is 0 Å². The number of hydrogen-bond donors (Lipinski definition) is 2. The Kier molecular flexibility index (Phi) is 5.30. The summed E-state index contributed by atoms with van der Waals surface area (Å²) in [6.07, 6.45) is 3.92. The summed E-state index contributed by atoms with van der Waals surface area (Å²) in [5, 5.41) is 3.66. The van der Waals surface area contributed by atoms with Crippen LogP contribution in [0.5, 0.6) is 0 Å². The molecule has 1 aliphatic rings. The van der Waals surface area contributed by atoms with E-state index in [-0.39, 0.29) is 10.4 Å². The molecule has 1 aromatic carbocycles. The molecular formula is C15H23ClN2O2S. The number of rotatable bonds is 6. The van der Waals surface area contributed by atoms with E-state index in [0.717, 1.165) is 37.8 Å². The molecule has 0 aliphatic heterocycles. The maximum absolute atomic E-state index is 12.5. The third-order valence-electron chi connectivity index (χ3n) is 3.99. The Morgan fingerprint density at radius 3 is 2.52 bits per heavy atom. The lowest BCUT2D eigenvalue weighted by Crippen LogP contribution is -2.43. The van der Waals surface area contributed by atoms with E-state index in [1.54, 1.807) is 12.1 Å². The number of halogens is 1. The second kappa shape index (κ2) is 6.65. The first-order valence-electron chi connectivity index (χ1n) is 7.39. The van der Waals surface area contributed by atoms with Crippen molar-refractivity contribution in [1.29, 1.82) is 0 Å². The van der Waals surface area contributed by atoms with Gasteiger partial charge in [-0.15, -0.1) is 0 Å². The van der Waals surface area contributed by atoms with Crippen LogP contribution in [0.15, 0.2) is 23.1 Å². The molecule has 0 unspecified atom stereocenters. The fraction of sp³-hybridized carbons (Fsp3) is 0.600. The van der Waals surface area contributed by atoms with Gasteiger partial charge in [-0.2, -0.15) is 0 Å². The molecule has 1 aromatic rings. The molecule has 21 heavy (non-hydrogen) atoms. The third-order valence-corrected chi connectivity index (χ3v) is 5.98. The predicted octanol–water partition coefficient (Wildman–Crippen LogP) is 3.06. The van der Waals surface area contributed by atoms with Gasteiger partial charge in [0.1, 0.15) is 0 Å². The van der Waals surface area contributed by atoms with E-state index < -0.39 is 10.0 Å². The SMILES string of the molecule is CCNCc1ccc(S(=O)(=O)NC2(C)CCCC2)cc1Cl. The first-order valence-corrected chi connectivity index (χ1v) is 9.25. The summed E-state index contributed by atoms with van der Waals surface area (Å²) in [4.78, 5) is 0.237. The van der Waals surface area contributed by atoms with Crippen LogP contribution in [-0.2, 0) is 16.6 Å². The summed E-state index contributed by atoms with van der Waals surface area (Å²) < 4.78 is 27.8. The minimum absolute atomic E-state index is 0.237. The Bertz CT molecular complexity index is 596. The molecule has 0 heterocycles. The standard InChI is InChI=1S/C15H23ClN2O2S/c1-3-17-11-12-6-7-13(10-14(12)16)21(19,20)18-15(2)8-4-5-9-15/h6-7,10,17-18H,3-5,8-9,11H2,1-2H3. The lowest BCUT2D eigenvalue weighted by molar-refractivity contribution is 0.427. The van der Waals surface area contributed by atoms with Crippen LogP contribution in [0.1, 0.15) is 45.1 Å². The van der Waals surface area contributed by atoms with Gasteiger partial charge in [0.25, 0.3) is 0 Å². The summed E-state index contributed by atoms with van der Waals surface area (Å²) in [6, 6.07) is 4.94. The zero-order chi connectivity index (χ0) is 15.5. The predicted molar refractivity (Wildman–Crippen MR) is 86.0 cm³/mol. The molecule has 0 aromatic heterocycles. The smallest absolute Gasteiger partial charge is 0.241 e. The first kappa shape index (κ1) is 16.7. The largest absolute Gasteiger partial charge is 0.313 e. The van der Waals surface area contributed by atoms with E-state index in [0.29, 0.717) is 11.6 Å². The normalized spacial score (nSPS) is 18.0. The van der Waals surface area contributed by atoms with Gasteiger partial charge < -0.3 is 5.32 Å². The van der Waals surface area contributed by atoms with Crippen LogP contribution in [0.3, 0.4) is 0 Å². The van der Waals surface area contributed by atoms with Crippen molar-refractivity contribution in [2.24, 2.45) is 0 Å². The van der Waals surface area contributed by atoms with Crippen molar-refractivity contribution in [2.75, 3.05) is 6.54 Å². The van der Waals surface area contributed by atoms with Crippen LogP contribution in [0.25, 0.3) is 0 Å². The van der Waals surface area contributed by atoms with Gasteiger partial charge in [0, 0.05) is 17.1 Å². The summed E-state index contributed by atoms with van der Waals surface area (Å²) >= 11 is 6.19. The van der Waals surface area contributed by atoms with E-state index in [1.807, 2.05) is 13.8 Å². The van der Waals surface area contributed by atoms with Gasteiger partial charge in [-0.25, -0.2) is 13.1 Å². The number of benzene rings is 1. The summed E-state index contributed by atoms with van der Waals surface area (Å²) in [5.74, 6) is 0. The molecule has 2 rings (SSSR count). The highest BCUT2D eigenvalue weighted by atomic mass is 35.5. The van der Waals surface area contributed by atoms with Gasteiger partial charge >= 0.3 is 0 Å². The Morgan fingerprint density at radius 2 is 1.95 bits per heavy atom. The molecule has 2 N–H and O–H groups in total. The molecule has 0 radical (unpaired) electrons. The van der Waals surface area contributed by atoms with Gasteiger partial charge in [0.2, 0.25) is 10.0 Å². The molecule has 4 nitrogen and oxygen atoms in total. The Balaban J connectivity index is 2.18. The van der Waals surface area contributed by atoms with Gasteiger partial charge in [0.15, 0.2) is 0 Å². The van der Waals surface area contributed by atoms with Crippen LogP contribution < -0.4 is 10.0 Å². The average Bonchev–Trinajstić information content (AvgIpc) is 2.82. The number of sulfonamides is 1. The molecule has 118 valence electrons. The molecular weight excluding hydrogens is 308 g/mol. The Hall–Kier alpha value is -0.620. The van der Waals surface area contributed by atoms with E-state index in [4.69, 9.17) is 11.6 Å². The summed E-state index contributed by atoms with van der Waals surface area (Å²) in [7, 11) is -3.52. The van der Waals surface area contributed by atoms with Crippen LogP contribution in [-0.4, -0.2) is 20.5 Å². The topological polar surface area (TPSA) is 58.2 Å². The molecule has 0 atom stereocenters. The molecule has 0 spiro atoms. The van der Waals surface area contributed by atoms with E-state index in [9.17, 15) is 8.42 Å². The van der Waals surface area contributed by atoms with E-state index in [1.165, 1.54) is 6.07 Å². The highest BCUT2D eigenvalue weighted by Crippen LogP contribution is 2.31. The van der Waals surface area contributed by atoms with Crippen molar-refractivity contribution >= 4 is 21.6 Å². The molecule has 1 aliphatic carbocycles. The van der Waals surface area contributed by atoms with Crippen LogP contribution >= 0.6 is 11.6 Å². The Labute approximate surface area is 132 Å². The third kappa shape index (κ3) is 4.19. The van der Waals surface area contributed by atoms with Crippen molar-refractivity contribution < 1.29 is 8.42 Å². The van der Waals surface area contributed by atoms with Gasteiger partial charge in [-0.3, -0.25) is 0 Å². The summed E-state index contributed by atoms with van der Waals surface area (Å²) in [5.41, 5.74) is 0.581. The highest BCUT2D eigenvalue weighted by Gasteiger charge is 2.33. The maximum atomic E-state index is 12.5. The fourth-order valence-electron chi connectivity index (χ4n) is 2.74. The average molecular weight is 331 g/mol. The van der Waals surface area contributed by atoms with Crippen molar-refractivity contribution in [3.05, 3.63) is 28.8 Å². The van der Waals surface area contributed by atoms with Crippen molar-refractivity contribution in [3.63, 3.8) is 0 Å². The van der Waals surface area contributed by atoms with Gasteiger partial charge in [-0.05, 0) is 44.0 Å². The minimum Gasteiger partial charge on any atom is -0.313 e. The molecule has 0 saturated heterocycles. The first-order chi connectivity index (χ1) is 9.86. The molecule has 0 amide bonds. The second-order valence-electron chi connectivity index (χ2n) is 5.91. The number of nitrogens with one attached hydrogen (secondary N) is 2. The van der Waals surface area contributed by atoms with Crippen molar-refractivity contribution in [1.82, 2.24) is 10.0 Å². The van der Waals surface area contributed by atoms with Crippen molar-refractivity contribution in [3.8, 4) is 0 Å². The highest BCUT2D eigenvalue weighted by molar-refractivity contribution is 7.89. The molecule has 1 fully saturated rings. The maximum Gasteiger partial charge on any atom is 0.241 e. The Morgan fingerprint density at radius 1 is 1.29 bits per heavy atom. The van der Waals surface area contributed by atoms with Crippen LogP contribution in [0.4, 0.5) is 0 Å². The summed E-state index contributed by atoms with van der Waals surface area (Å²) in [6.45, 7) is 5.47. The molecule has 6 heteroatoms. The lowest BCUT2D eigenvalue weighted by Gasteiger charge is -2.25. The molecule has 0 bridgehead atoms. The van der Waals surface area contributed by atoms with Gasteiger partial charge in [-0.1, -0.05) is 37.4 Å².